The number of carbonyl (C=O) groups is 2. The van der Waals surface area contributed by atoms with E-state index in [1.54, 1.807) is 6.92 Å². The number of nitrogens with one attached hydrogen (secondary N) is 1. The summed E-state index contributed by atoms with van der Waals surface area (Å²) in [6, 6.07) is 3.34. The van der Waals surface area contributed by atoms with Gasteiger partial charge >= 0.3 is 6.18 Å². The van der Waals surface area contributed by atoms with E-state index in [0.717, 1.165) is 18.2 Å². The number of likely N-dealkylation sites (N-methyl/N-ethyl adjacent to an activating group) is 1. The summed E-state index contributed by atoms with van der Waals surface area (Å²) < 4.78 is 37.7. The molecule has 4 nitrogen and oxygen atoms in total. The predicted octanol–water partition coefficient (Wildman–Crippen LogP) is 2.27. The Kier molecular flexibility index (Phi) is 5.73. The first kappa shape index (κ1) is 17.7. The van der Waals surface area contributed by atoms with Crippen LogP contribution in [0, 0.1) is 6.92 Å². The van der Waals surface area contributed by atoms with Gasteiger partial charge in [-0.15, -0.1) is 0 Å². The monoisotopic (exact) mass is 314 g/mol. The number of nitrogens with zero attached hydrogens (tertiary/aromatic N) is 1. The Morgan fingerprint density at radius 1 is 1.36 bits per heavy atom. The van der Waals surface area contributed by atoms with E-state index >= 15 is 0 Å². The van der Waals surface area contributed by atoms with Crippen molar-refractivity contribution < 1.29 is 22.8 Å². The molecule has 1 rings (SSSR count). The van der Waals surface area contributed by atoms with Crippen LogP contribution >= 0.6 is 0 Å². The zero-order chi connectivity index (χ0) is 16.9. The van der Waals surface area contributed by atoms with Crippen molar-refractivity contribution in [1.29, 1.82) is 0 Å². The van der Waals surface area contributed by atoms with Crippen LogP contribution in [0.25, 0.3) is 0 Å². The summed E-state index contributed by atoms with van der Waals surface area (Å²) in [4.78, 5) is 24.1. The van der Waals surface area contributed by atoms with E-state index in [0.29, 0.717) is 11.1 Å². The number of aryl methyl sites for hydroxylation is 1. The van der Waals surface area contributed by atoms with Gasteiger partial charge in [0, 0.05) is 13.6 Å². The summed E-state index contributed by atoms with van der Waals surface area (Å²) in [7, 11) is 1.45. The second-order valence-electron chi connectivity index (χ2n) is 4.81. The molecule has 0 fully saturated rings. The van der Waals surface area contributed by atoms with Gasteiger partial charge in [0.1, 0.15) is 0 Å². The third-order valence-corrected chi connectivity index (χ3v) is 3.08. The lowest BCUT2D eigenvalue weighted by atomic mass is 10.0. The first-order valence-electron chi connectivity index (χ1n) is 6.46. The Bertz CT molecular complexity index is 583. The van der Waals surface area contributed by atoms with Crippen LogP contribution in [-0.4, -0.2) is 30.3 Å². The maximum atomic E-state index is 12.6. The van der Waals surface area contributed by atoms with Gasteiger partial charge in [0.15, 0.2) is 0 Å². The normalized spacial score (nSPS) is 11.0. The molecule has 22 heavy (non-hydrogen) atoms. The standard InChI is InChI=1S/C15H17F3N2O2/c1-4-14(22)20(3)9-13(21)19-8-11-5-6-12(7-10(11)2)15(16,17)18/h4-7H,1,8-9H2,2-3H3,(H,19,21). The Morgan fingerprint density at radius 3 is 2.50 bits per heavy atom. The largest absolute Gasteiger partial charge is 0.416 e. The molecule has 0 atom stereocenters. The smallest absolute Gasteiger partial charge is 0.350 e. The van der Waals surface area contributed by atoms with E-state index in [9.17, 15) is 22.8 Å². The minimum atomic E-state index is -4.39. The van der Waals surface area contributed by atoms with Crippen LogP contribution in [0.3, 0.4) is 0 Å². The van der Waals surface area contributed by atoms with Crippen LogP contribution in [0.1, 0.15) is 16.7 Å². The molecule has 1 aromatic carbocycles. The minimum absolute atomic E-state index is 0.0962. The molecule has 0 heterocycles. The van der Waals surface area contributed by atoms with Gasteiger partial charge in [0.25, 0.3) is 0 Å². The number of hydrogen-bond donors (Lipinski definition) is 1. The maximum Gasteiger partial charge on any atom is 0.416 e. The Morgan fingerprint density at radius 2 is 2.00 bits per heavy atom. The van der Waals surface area contributed by atoms with E-state index in [2.05, 4.69) is 11.9 Å². The molecule has 0 spiro atoms. The molecule has 2 amide bonds. The van der Waals surface area contributed by atoms with Gasteiger partial charge in [0.2, 0.25) is 11.8 Å². The fraction of sp³-hybridized carbons (Fsp3) is 0.333. The molecule has 0 aromatic heterocycles. The van der Waals surface area contributed by atoms with Crippen molar-refractivity contribution in [2.24, 2.45) is 0 Å². The van der Waals surface area contributed by atoms with Crippen molar-refractivity contribution in [3.8, 4) is 0 Å². The molecular formula is C15H17F3N2O2. The van der Waals surface area contributed by atoms with Crippen molar-refractivity contribution in [2.75, 3.05) is 13.6 Å². The molecule has 120 valence electrons. The molecule has 0 radical (unpaired) electrons. The number of benzene rings is 1. The average Bonchev–Trinajstić information content (AvgIpc) is 2.43. The molecule has 1 N–H and O–H groups in total. The molecule has 0 unspecified atom stereocenters. The third-order valence-electron chi connectivity index (χ3n) is 3.08. The summed E-state index contributed by atoms with van der Waals surface area (Å²) in [5, 5.41) is 2.56. The lowest BCUT2D eigenvalue weighted by Gasteiger charge is -2.15. The number of rotatable bonds is 5. The van der Waals surface area contributed by atoms with E-state index in [1.165, 1.54) is 18.0 Å². The fourth-order valence-corrected chi connectivity index (χ4v) is 1.77. The number of hydrogen-bond acceptors (Lipinski definition) is 2. The molecule has 7 heteroatoms. The number of alkyl halides is 3. The van der Waals surface area contributed by atoms with Crippen LogP contribution in [0.5, 0.6) is 0 Å². The van der Waals surface area contributed by atoms with Crippen molar-refractivity contribution in [3.05, 3.63) is 47.5 Å². The Hall–Kier alpha value is -2.31. The van der Waals surface area contributed by atoms with E-state index in [4.69, 9.17) is 0 Å². The van der Waals surface area contributed by atoms with Gasteiger partial charge in [-0.2, -0.15) is 13.2 Å². The molecular weight excluding hydrogens is 297 g/mol. The van der Waals surface area contributed by atoms with Gasteiger partial charge in [-0.25, -0.2) is 0 Å². The highest BCUT2D eigenvalue weighted by Crippen LogP contribution is 2.30. The summed E-state index contributed by atoms with van der Waals surface area (Å²) in [6.45, 7) is 4.80. The van der Waals surface area contributed by atoms with Crippen molar-refractivity contribution in [2.45, 2.75) is 19.6 Å². The number of carbonyl (C=O) groups excluding carboxylic acids is 2. The fourth-order valence-electron chi connectivity index (χ4n) is 1.77. The first-order chi connectivity index (χ1) is 10.1. The van der Waals surface area contributed by atoms with Gasteiger partial charge in [-0.3, -0.25) is 9.59 Å². The van der Waals surface area contributed by atoms with Gasteiger partial charge < -0.3 is 10.2 Å². The molecule has 0 aliphatic rings. The molecule has 0 bridgehead atoms. The summed E-state index contributed by atoms with van der Waals surface area (Å²) >= 11 is 0. The van der Waals surface area contributed by atoms with Crippen LogP contribution in [-0.2, 0) is 22.3 Å². The van der Waals surface area contributed by atoms with Crippen molar-refractivity contribution in [3.63, 3.8) is 0 Å². The van der Waals surface area contributed by atoms with Crippen LogP contribution < -0.4 is 5.32 Å². The Balaban J connectivity index is 2.63. The maximum absolute atomic E-state index is 12.6. The molecule has 0 aliphatic carbocycles. The van der Waals surface area contributed by atoms with Crippen molar-refractivity contribution in [1.82, 2.24) is 10.2 Å². The van der Waals surface area contributed by atoms with E-state index in [1.807, 2.05) is 0 Å². The summed E-state index contributed by atoms with van der Waals surface area (Å²) in [5.74, 6) is -0.794. The van der Waals surface area contributed by atoms with Gasteiger partial charge in [-0.1, -0.05) is 12.6 Å². The lowest BCUT2D eigenvalue weighted by Crippen LogP contribution is -2.37. The third kappa shape index (κ3) is 4.91. The molecule has 0 aliphatic heterocycles. The summed E-state index contributed by atoms with van der Waals surface area (Å²) in [5.41, 5.74) is 0.293. The summed E-state index contributed by atoms with van der Waals surface area (Å²) in [6.07, 6.45) is -3.30. The average molecular weight is 314 g/mol. The van der Waals surface area contributed by atoms with Crippen LogP contribution in [0.15, 0.2) is 30.9 Å². The lowest BCUT2D eigenvalue weighted by molar-refractivity contribution is -0.137. The van der Waals surface area contributed by atoms with Crippen molar-refractivity contribution >= 4 is 11.8 Å². The van der Waals surface area contributed by atoms with E-state index < -0.39 is 17.6 Å². The zero-order valence-corrected chi connectivity index (χ0v) is 12.3. The van der Waals surface area contributed by atoms with Crippen LogP contribution in [0.4, 0.5) is 13.2 Å². The van der Waals surface area contributed by atoms with Gasteiger partial charge in [0.05, 0.1) is 12.1 Å². The molecule has 1 aromatic rings. The van der Waals surface area contributed by atoms with Crippen LogP contribution in [0.2, 0.25) is 0 Å². The topological polar surface area (TPSA) is 49.4 Å². The molecule has 0 saturated heterocycles. The predicted molar refractivity (Wildman–Crippen MR) is 75.9 cm³/mol. The highest BCUT2D eigenvalue weighted by atomic mass is 19.4. The molecule has 0 saturated carbocycles. The second-order valence-corrected chi connectivity index (χ2v) is 4.81. The van der Waals surface area contributed by atoms with E-state index in [-0.39, 0.29) is 19.0 Å². The van der Waals surface area contributed by atoms with Gasteiger partial charge in [-0.05, 0) is 36.3 Å². The zero-order valence-electron chi connectivity index (χ0n) is 12.3. The first-order valence-corrected chi connectivity index (χ1v) is 6.46. The number of halogens is 3. The highest BCUT2D eigenvalue weighted by Gasteiger charge is 2.30. The Labute approximate surface area is 126 Å². The number of amides is 2. The highest BCUT2D eigenvalue weighted by molar-refractivity contribution is 5.90. The second kappa shape index (κ2) is 7.11. The minimum Gasteiger partial charge on any atom is -0.350 e. The SMILES string of the molecule is C=CC(=O)N(C)CC(=O)NCc1ccc(C(F)(F)F)cc1C. The quantitative estimate of drug-likeness (QED) is 0.848.